The molecule has 0 aliphatic carbocycles. The van der Waals surface area contributed by atoms with Crippen LogP contribution in [0.2, 0.25) is 5.02 Å². The maximum Gasteiger partial charge on any atom is 0.274 e. The van der Waals surface area contributed by atoms with Crippen LogP contribution in [0.25, 0.3) is 10.3 Å². The van der Waals surface area contributed by atoms with Gasteiger partial charge in [-0.15, -0.1) is 6.58 Å². The molecule has 0 spiro atoms. The Balaban J connectivity index is 1.77. The highest BCUT2D eigenvalue weighted by atomic mass is 35.5. The van der Waals surface area contributed by atoms with Crippen molar-refractivity contribution in [3.8, 4) is 0 Å². The molecule has 164 valence electrons. The fourth-order valence-electron chi connectivity index (χ4n) is 2.89. The summed E-state index contributed by atoms with van der Waals surface area (Å²) >= 11 is 8.44. The Morgan fingerprint density at radius 3 is 2.65 bits per heavy atom. The van der Waals surface area contributed by atoms with Crippen LogP contribution in [0.4, 0.5) is 5.13 Å². The molecule has 0 radical (unpaired) electrons. The Bertz CT molecular complexity index is 1120. The van der Waals surface area contributed by atoms with Crippen LogP contribution in [-0.4, -0.2) is 39.3 Å². The molecule has 3 rings (SSSR count). The standard InChI is InChI=1S/C21H24ClN5O2S2/c1-4-11-27-19(29)17-18(24-20(31-17)26(5-2)6-3)25-21(27)30-13-16(28)23-12-14-7-9-15(22)10-8-14/h4,7-10H,1,5-6,11-13H2,2-3H3,(H,23,28). The van der Waals surface area contributed by atoms with Gasteiger partial charge in [-0.1, -0.05) is 52.9 Å². The van der Waals surface area contributed by atoms with E-state index in [2.05, 4.69) is 26.8 Å². The third kappa shape index (κ3) is 5.66. The first-order chi connectivity index (χ1) is 15.0. The number of halogens is 1. The maximum absolute atomic E-state index is 13.0. The minimum Gasteiger partial charge on any atom is -0.351 e. The van der Waals surface area contributed by atoms with E-state index in [0.29, 0.717) is 33.6 Å². The average molecular weight is 478 g/mol. The van der Waals surface area contributed by atoms with Gasteiger partial charge in [0, 0.05) is 31.2 Å². The zero-order chi connectivity index (χ0) is 22.4. The van der Waals surface area contributed by atoms with Crippen molar-refractivity contribution < 1.29 is 4.79 Å². The monoisotopic (exact) mass is 477 g/mol. The number of aromatic nitrogens is 3. The highest BCUT2D eigenvalue weighted by molar-refractivity contribution is 7.99. The van der Waals surface area contributed by atoms with Crippen LogP contribution in [0.1, 0.15) is 19.4 Å². The molecule has 2 heterocycles. The molecule has 31 heavy (non-hydrogen) atoms. The third-order valence-electron chi connectivity index (χ3n) is 4.55. The summed E-state index contributed by atoms with van der Waals surface area (Å²) in [5.74, 6) is -0.0167. The number of thiazole rings is 1. The van der Waals surface area contributed by atoms with Gasteiger partial charge in [0.1, 0.15) is 4.70 Å². The largest absolute Gasteiger partial charge is 0.351 e. The van der Waals surface area contributed by atoms with Gasteiger partial charge in [0.25, 0.3) is 5.56 Å². The molecule has 3 aromatic rings. The van der Waals surface area contributed by atoms with Gasteiger partial charge >= 0.3 is 0 Å². The van der Waals surface area contributed by atoms with E-state index in [1.165, 1.54) is 27.7 Å². The highest BCUT2D eigenvalue weighted by Crippen LogP contribution is 2.27. The van der Waals surface area contributed by atoms with Gasteiger partial charge in [-0.25, -0.2) is 4.98 Å². The molecule has 0 fully saturated rings. The molecular formula is C21H24ClN5O2S2. The molecule has 0 saturated heterocycles. The van der Waals surface area contributed by atoms with Crippen molar-refractivity contribution in [3.05, 3.63) is 57.9 Å². The lowest BCUT2D eigenvalue weighted by Gasteiger charge is -2.15. The average Bonchev–Trinajstić information content (AvgIpc) is 3.19. The number of carbonyl (C=O) groups is 1. The molecule has 2 aromatic heterocycles. The number of amides is 1. The van der Waals surface area contributed by atoms with Crippen molar-refractivity contribution in [1.29, 1.82) is 0 Å². The van der Waals surface area contributed by atoms with Gasteiger partial charge in [-0.2, -0.15) is 4.98 Å². The number of benzene rings is 1. The first kappa shape index (κ1) is 23.3. The number of hydrogen-bond acceptors (Lipinski definition) is 7. The predicted octanol–water partition coefficient (Wildman–Crippen LogP) is 3.95. The van der Waals surface area contributed by atoms with E-state index in [-0.39, 0.29) is 17.2 Å². The van der Waals surface area contributed by atoms with Gasteiger partial charge < -0.3 is 10.2 Å². The molecule has 0 unspecified atom stereocenters. The second kappa shape index (κ2) is 10.8. The molecule has 0 saturated carbocycles. The summed E-state index contributed by atoms with van der Waals surface area (Å²) in [5, 5.41) is 4.75. The summed E-state index contributed by atoms with van der Waals surface area (Å²) in [6, 6.07) is 7.29. The Kier molecular flexibility index (Phi) is 8.11. The van der Waals surface area contributed by atoms with Gasteiger partial charge in [-0.05, 0) is 31.5 Å². The lowest BCUT2D eigenvalue weighted by molar-refractivity contribution is -0.118. The summed E-state index contributed by atoms with van der Waals surface area (Å²) in [6.45, 7) is 10.1. The van der Waals surface area contributed by atoms with E-state index in [1.54, 1.807) is 18.2 Å². The molecule has 7 nitrogen and oxygen atoms in total. The second-order valence-corrected chi connectivity index (χ2v) is 8.97. The molecule has 0 aliphatic heterocycles. The number of nitrogens with one attached hydrogen (secondary N) is 1. The summed E-state index contributed by atoms with van der Waals surface area (Å²) in [7, 11) is 0. The van der Waals surface area contributed by atoms with Crippen LogP contribution >= 0.6 is 34.7 Å². The maximum atomic E-state index is 13.0. The van der Waals surface area contributed by atoms with Gasteiger partial charge in [-0.3, -0.25) is 14.2 Å². The van der Waals surface area contributed by atoms with Gasteiger partial charge in [0.15, 0.2) is 15.9 Å². The Hall–Kier alpha value is -2.36. The molecule has 0 aliphatic rings. The van der Waals surface area contributed by atoms with Crippen LogP contribution in [0.15, 0.2) is 46.9 Å². The fourth-order valence-corrected chi connectivity index (χ4v) is 4.92. The molecule has 1 aromatic carbocycles. The minimum atomic E-state index is -0.162. The van der Waals surface area contributed by atoms with E-state index in [4.69, 9.17) is 11.6 Å². The lowest BCUT2D eigenvalue weighted by Crippen LogP contribution is -2.26. The normalized spacial score (nSPS) is 10.9. The Morgan fingerprint density at radius 1 is 1.29 bits per heavy atom. The number of anilines is 1. The lowest BCUT2D eigenvalue weighted by atomic mass is 10.2. The number of allylic oxidation sites excluding steroid dienone is 1. The van der Waals surface area contributed by atoms with Crippen molar-refractivity contribution in [2.45, 2.75) is 32.1 Å². The van der Waals surface area contributed by atoms with Gasteiger partial charge in [0.05, 0.1) is 5.75 Å². The van der Waals surface area contributed by atoms with Crippen LogP contribution in [0.3, 0.4) is 0 Å². The summed E-state index contributed by atoms with van der Waals surface area (Å²) < 4.78 is 2.05. The van der Waals surface area contributed by atoms with Crippen LogP contribution in [0.5, 0.6) is 0 Å². The van der Waals surface area contributed by atoms with Crippen LogP contribution in [0, 0.1) is 0 Å². The number of fused-ring (bicyclic) bond motifs is 1. The zero-order valence-electron chi connectivity index (χ0n) is 17.4. The summed E-state index contributed by atoms with van der Waals surface area (Å²) in [5.41, 5.74) is 1.21. The number of rotatable bonds is 10. The van der Waals surface area contributed by atoms with Crippen molar-refractivity contribution in [3.63, 3.8) is 0 Å². The Morgan fingerprint density at radius 2 is 2.00 bits per heavy atom. The zero-order valence-corrected chi connectivity index (χ0v) is 19.8. The minimum absolute atomic E-state index is 0.135. The fraction of sp³-hybridized carbons (Fsp3) is 0.333. The van der Waals surface area contributed by atoms with E-state index in [1.807, 2.05) is 26.0 Å². The van der Waals surface area contributed by atoms with Crippen molar-refractivity contribution in [1.82, 2.24) is 19.9 Å². The van der Waals surface area contributed by atoms with Crippen molar-refractivity contribution >= 4 is 56.1 Å². The summed E-state index contributed by atoms with van der Waals surface area (Å²) in [4.78, 5) is 36.6. The predicted molar refractivity (Wildman–Crippen MR) is 129 cm³/mol. The highest BCUT2D eigenvalue weighted by Gasteiger charge is 2.18. The first-order valence-corrected chi connectivity index (χ1v) is 12.1. The smallest absolute Gasteiger partial charge is 0.274 e. The van der Waals surface area contributed by atoms with Crippen LogP contribution < -0.4 is 15.8 Å². The van der Waals surface area contributed by atoms with E-state index < -0.39 is 0 Å². The number of hydrogen-bond donors (Lipinski definition) is 1. The molecule has 10 heteroatoms. The molecule has 0 atom stereocenters. The molecular weight excluding hydrogens is 454 g/mol. The molecule has 1 amide bonds. The SMILES string of the molecule is C=CCn1c(SCC(=O)NCc2ccc(Cl)cc2)nc2nc(N(CC)CC)sc2c1=O. The Labute approximate surface area is 194 Å². The molecule has 0 bridgehead atoms. The number of carbonyl (C=O) groups excluding carboxylic acids is 1. The van der Waals surface area contributed by atoms with Crippen molar-refractivity contribution in [2.75, 3.05) is 23.7 Å². The first-order valence-electron chi connectivity index (χ1n) is 9.87. The number of thioether (sulfide) groups is 1. The summed E-state index contributed by atoms with van der Waals surface area (Å²) in [6.07, 6.45) is 1.64. The van der Waals surface area contributed by atoms with E-state index >= 15 is 0 Å². The quantitative estimate of drug-likeness (QED) is 0.270. The molecule has 1 N–H and O–H groups in total. The number of nitrogens with zero attached hydrogens (tertiary/aromatic N) is 4. The van der Waals surface area contributed by atoms with Crippen LogP contribution in [-0.2, 0) is 17.9 Å². The second-order valence-electron chi connectivity index (χ2n) is 6.61. The van der Waals surface area contributed by atoms with Crippen molar-refractivity contribution in [2.24, 2.45) is 0 Å². The third-order valence-corrected chi connectivity index (χ3v) is 6.87. The van der Waals surface area contributed by atoms with E-state index in [0.717, 1.165) is 23.8 Å². The van der Waals surface area contributed by atoms with E-state index in [9.17, 15) is 9.59 Å². The van der Waals surface area contributed by atoms with Gasteiger partial charge in [0.2, 0.25) is 5.91 Å². The topological polar surface area (TPSA) is 80.1 Å².